The van der Waals surface area contributed by atoms with Gasteiger partial charge in [-0.3, -0.25) is 4.79 Å². The van der Waals surface area contributed by atoms with Crippen molar-refractivity contribution in [1.29, 1.82) is 5.26 Å². The summed E-state index contributed by atoms with van der Waals surface area (Å²) in [7, 11) is 0. The number of aromatic nitrogens is 4. The first kappa shape index (κ1) is 15.4. The van der Waals surface area contributed by atoms with Crippen LogP contribution in [0, 0.1) is 11.3 Å². The summed E-state index contributed by atoms with van der Waals surface area (Å²) in [5.41, 5.74) is 1.18. The quantitative estimate of drug-likeness (QED) is 0.686. The fourth-order valence-electron chi connectivity index (χ4n) is 2.27. The number of furan rings is 1. The molecule has 0 aliphatic carbocycles. The van der Waals surface area contributed by atoms with Crippen LogP contribution in [0.1, 0.15) is 22.5 Å². The van der Waals surface area contributed by atoms with Gasteiger partial charge in [0.1, 0.15) is 12.1 Å². The number of carbonyl (C=O) groups excluding carboxylic acids is 1. The van der Waals surface area contributed by atoms with Crippen molar-refractivity contribution in [1.82, 2.24) is 25.1 Å². The van der Waals surface area contributed by atoms with Crippen LogP contribution in [-0.4, -0.2) is 37.6 Å². The Hall–Kier alpha value is -3.47. The maximum absolute atomic E-state index is 12.8. The summed E-state index contributed by atoms with van der Waals surface area (Å²) in [5, 5.41) is 19.8. The summed E-state index contributed by atoms with van der Waals surface area (Å²) in [5.74, 6) is 0.481. The van der Waals surface area contributed by atoms with Crippen LogP contribution < -0.4 is 0 Å². The highest BCUT2D eigenvalue weighted by molar-refractivity contribution is 5.94. The van der Waals surface area contributed by atoms with E-state index in [4.69, 9.17) is 9.68 Å². The van der Waals surface area contributed by atoms with E-state index < -0.39 is 0 Å². The van der Waals surface area contributed by atoms with E-state index in [1.807, 2.05) is 0 Å². The predicted octanol–water partition coefficient (Wildman–Crippen LogP) is 1.81. The van der Waals surface area contributed by atoms with Gasteiger partial charge in [-0.05, 0) is 40.8 Å². The molecule has 8 nitrogen and oxygen atoms in total. The highest BCUT2D eigenvalue weighted by Gasteiger charge is 2.17. The Morgan fingerprint density at radius 3 is 2.96 bits per heavy atom. The van der Waals surface area contributed by atoms with Crippen molar-refractivity contribution in [3.63, 3.8) is 0 Å². The molecule has 0 radical (unpaired) electrons. The molecule has 0 spiro atoms. The molecule has 2 aromatic heterocycles. The van der Waals surface area contributed by atoms with Crippen LogP contribution in [0.3, 0.4) is 0 Å². The molecule has 3 aromatic rings. The standard InChI is InChI=1S/C16H14N6O2/c17-7-3-8-21(11-15-6-2-9-24-15)16(23)13-4-1-5-14(10-13)22-12-18-19-20-22/h1-2,4-6,9-10,12H,3,8,11H2. The van der Waals surface area contributed by atoms with E-state index in [1.54, 1.807) is 47.6 Å². The van der Waals surface area contributed by atoms with E-state index in [1.165, 1.54) is 11.0 Å². The van der Waals surface area contributed by atoms with E-state index in [0.29, 0.717) is 30.1 Å². The number of nitrogens with zero attached hydrogens (tertiary/aromatic N) is 6. The minimum atomic E-state index is -0.184. The Morgan fingerprint density at radius 1 is 1.33 bits per heavy atom. The van der Waals surface area contributed by atoms with E-state index in [0.717, 1.165) is 0 Å². The summed E-state index contributed by atoms with van der Waals surface area (Å²) in [4.78, 5) is 14.4. The van der Waals surface area contributed by atoms with Crippen molar-refractivity contribution >= 4 is 5.91 Å². The molecule has 24 heavy (non-hydrogen) atoms. The number of benzene rings is 1. The number of hydrogen-bond acceptors (Lipinski definition) is 6. The third-order valence-corrected chi connectivity index (χ3v) is 3.41. The average molecular weight is 322 g/mol. The molecule has 0 N–H and O–H groups in total. The minimum Gasteiger partial charge on any atom is -0.467 e. The molecule has 3 rings (SSSR count). The molecule has 1 amide bonds. The number of tetrazole rings is 1. The maximum atomic E-state index is 12.8. The second-order valence-electron chi connectivity index (χ2n) is 5.02. The first-order valence-corrected chi connectivity index (χ1v) is 7.30. The van der Waals surface area contributed by atoms with Gasteiger partial charge >= 0.3 is 0 Å². The summed E-state index contributed by atoms with van der Waals surface area (Å²) < 4.78 is 6.78. The third kappa shape index (κ3) is 3.47. The Morgan fingerprint density at radius 2 is 2.25 bits per heavy atom. The lowest BCUT2D eigenvalue weighted by molar-refractivity contribution is 0.0735. The van der Waals surface area contributed by atoms with Gasteiger partial charge in [-0.1, -0.05) is 6.07 Å². The molecular weight excluding hydrogens is 308 g/mol. The molecular formula is C16H14N6O2. The fourth-order valence-corrected chi connectivity index (χ4v) is 2.27. The largest absolute Gasteiger partial charge is 0.467 e. The van der Waals surface area contributed by atoms with Crippen molar-refractivity contribution < 1.29 is 9.21 Å². The van der Waals surface area contributed by atoms with Gasteiger partial charge in [0, 0.05) is 12.1 Å². The van der Waals surface area contributed by atoms with Gasteiger partial charge in [0.2, 0.25) is 0 Å². The molecule has 0 bridgehead atoms. The van der Waals surface area contributed by atoms with E-state index in [-0.39, 0.29) is 12.3 Å². The van der Waals surface area contributed by atoms with Gasteiger partial charge in [-0.2, -0.15) is 5.26 Å². The van der Waals surface area contributed by atoms with Crippen LogP contribution in [0.4, 0.5) is 0 Å². The molecule has 8 heteroatoms. The molecule has 0 atom stereocenters. The molecule has 2 heterocycles. The van der Waals surface area contributed by atoms with Gasteiger partial charge in [0.15, 0.2) is 0 Å². The van der Waals surface area contributed by atoms with Gasteiger partial charge < -0.3 is 9.32 Å². The predicted molar refractivity (Wildman–Crippen MR) is 82.8 cm³/mol. The maximum Gasteiger partial charge on any atom is 0.254 e. The fraction of sp³-hybridized carbons (Fsp3) is 0.188. The Labute approximate surface area is 137 Å². The van der Waals surface area contributed by atoms with Crippen LogP contribution in [0.2, 0.25) is 0 Å². The number of hydrogen-bond donors (Lipinski definition) is 0. The van der Waals surface area contributed by atoms with Crippen LogP contribution >= 0.6 is 0 Å². The molecule has 0 aliphatic heterocycles. The normalized spacial score (nSPS) is 10.3. The second-order valence-corrected chi connectivity index (χ2v) is 5.02. The number of nitriles is 1. The number of carbonyl (C=O) groups is 1. The smallest absolute Gasteiger partial charge is 0.254 e. The molecule has 120 valence electrons. The van der Waals surface area contributed by atoms with Crippen molar-refractivity contribution in [2.45, 2.75) is 13.0 Å². The highest BCUT2D eigenvalue weighted by Crippen LogP contribution is 2.14. The molecule has 0 saturated carbocycles. The van der Waals surface area contributed by atoms with E-state index >= 15 is 0 Å². The van der Waals surface area contributed by atoms with Crippen LogP contribution in [-0.2, 0) is 6.54 Å². The van der Waals surface area contributed by atoms with Gasteiger partial charge in [0.05, 0.1) is 31.0 Å². The van der Waals surface area contributed by atoms with Crippen LogP contribution in [0.15, 0.2) is 53.4 Å². The molecule has 0 fully saturated rings. The monoisotopic (exact) mass is 322 g/mol. The van der Waals surface area contributed by atoms with Crippen molar-refractivity contribution in [2.24, 2.45) is 0 Å². The van der Waals surface area contributed by atoms with E-state index in [2.05, 4.69) is 21.6 Å². The second kappa shape index (κ2) is 7.19. The van der Waals surface area contributed by atoms with Crippen molar-refractivity contribution in [3.8, 4) is 11.8 Å². The lowest BCUT2D eigenvalue weighted by Gasteiger charge is -2.20. The molecule has 0 saturated heterocycles. The van der Waals surface area contributed by atoms with E-state index in [9.17, 15) is 4.79 Å². The minimum absolute atomic E-state index is 0.184. The summed E-state index contributed by atoms with van der Waals surface area (Å²) >= 11 is 0. The number of amides is 1. The Bertz CT molecular complexity index is 836. The lowest BCUT2D eigenvalue weighted by Crippen LogP contribution is -2.31. The molecule has 0 unspecified atom stereocenters. The zero-order chi connectivity index (χ0) is 16.8. The number of rotatable bonds is 6. The summed E-state index contributed by atoms with van der Waals surface area (Å²) in [6.45, 7) is 0.633. The summed E-state index contributed by atoms with van der Waals surface area (Å²) in [6.07, 6.45) is 3.26. The zero-order valence-corrected chi connectivity index (χ0v) is 12.7. The Kier molecular flexibility index (Phi) is 4.62. The molecule has 1 aromatic carbocycles. The first-order valence-electron chi connectivity index (χ1n) is 7.30. The van der Waals surface area contributed by atoms with Gasteiger partial charge in [-0.25, -0.2) is 4.68 Å². The van der Waals surface area contributed by atoms with Crippen molar-refractivity contribution in [3.05, 3.63) is 60.3 Å². The van der Waals surface area contributed by atoms with Crippen LogP contribution in [0.25, 0.3) is 5.69 Å². The topological polar surface area (TPSA) is 101 Å². The first-order chi connectivity index (χ1) is 11.8. The highest BCUT2D eigenvalue weighted by atomic mass is 16.3. The Balaban J connectivity index is 1.84. The third-order valence-electron chi connectivity index (χ3n) is 3.41. The molecule has 0 aliphatic rings. The SMILES string of the molecule is N#CCCN(Cc1ccco1)C(=O)c1cccc(-n2cnnn2)c1. The van der Waals surface area contributed by atoms with Gasteiger partial charge in [-0.15, -0.1) is 5.10 Å². The summed E-state index contributed by atoms with van der Waals surface area (Å²) in [6, 6.07) is 12.6. The lowest BCUT2D eigenvalue weighted by atomic mass is 10.1. The van der Waals surface area contributed by atoms with Gasteiger partial charge in [0.25, 0.3) is 5.91 Å². The average Bonchev–Trinajstić information content (AvgIpc) is 3.31. The van der Waals surface area contributed by atoms with Crippen molar-refractivity contribution in [2.75, 3.05) is 6.54 Å². The zero-order valence-electron chi connectivity index (χ0n) is 12.7. The van der Waals surface area contributed by atoms with Crippen LogP contribution in [0.5, 0.6) is 0 Å².